The molecule has 0 aromatic heterocycles. The lowest BCUT2D eigenvalue weighted by atomic mass is 10.2. The minimum Gasteiger partial charge on any atom is -0.367 e. The lowest BCUT2D eigenvalue weighted by Gasteiger charge is -2.19. The highest BCUT2D eigenvalue weighted by molar-refractivity contribution is 7.59. The Morgan fingerprint density at radius 3 is 2.10 bits per heavy atom. The normalized spacial score (nSPS) is 17.1. The standard InChI is InChI=1S/C11H12F2N2O2.O3S/c1-7-2-3-14(6-7)11-9(12)4-8(15(16)17)5-10(11)13;1-4(2)3/h4-5,7H,2-3,6H2,1H3;. The maximum Gasteiger partial charge on any atom is 0.425 e. The van der Waals surface area contributed by atoms with Crippen molar-refractivity contribution in [3.8, 4) is 0 Å². The second-order valence-electron chi connectivity index (χ2n) is 4.56. The maximum atomic E-state index is 13.7. The number of hydrogen-bond acceptors (Lipinski definition) is 6. The molecule has 1 fully saturated rings. The number of anilines is 1. The number of nitro benzene ring substituents is 1. The highest BCUT2D eigenvalue weighted by atomic mass is 32.2. The third kappa shape index (κ3) is 4.74. The molecule has 0 aliphatic carbocycles. The molecule has 116 valence electrons. The Labute approximate surface area is 120 Å². The molecule has 0 bridgehead atoms. The van der Waals surface area contributed by atoms with Crippen LogP contribution in [0.3, 0.4) is 0 Å². The molecule has 1 unspecified atom stereocenters. The summed E-state index contributed by atoms with van der Waals surface area (Å²) in [6.07, 6.45) is 0.871. The van der Waals surface area contributed by atoms with Crippen LogP contribution in [0.4, 0.5) is 20.2 Å². The molecule has 1 aromatic carbocycles. The van der Waals surface area contributed by atoms with Crippen molar-refractivity contribution in [2.45, 2.75) is 13.3 Å². The monoisotopic (exact) mass is 322 g/mol. The van der Waals surface area contributed by atoms with Crippen molar-refractivity contribution in [1.29, 1.82) is 0 Å². The van der Waals surface area contributed by atoms with Crippen molar-refractivity contribution in [3.63, 3.8) is 0 Å². The zero-order valence-corrected chi connectivity index (χ0v) is 11.8. The summed E-state index contributed by atoms with van der Waals surface area (Å²) < 4.78 is 52.7. The first kappa shape index (κ1) is 17.0. The molecule has 1 heterocycles. The van der Waals surface area contributed by atoms with Crippen molar-refractivity contribution in [3.05, 3.63) is 33.9 Å². The first-order valence-electron chi connectivity index (χ1n) is 5.87. The van der Waals surface area contributed by atoms with Crippen molar-refractivity contribution in [2.24, 2.45) is 5.92 Å². The van der Waals surface area contributed by atoms with E-state index in [1.165, 1.54) is 0 Å². The number of non-ortho nitro benzene ring substituents is 1. The summed E-state index contributed by atoms with van der Waals surface area (Å²) in [6.45, 7) is 3.15. The molecule has 21 heavy (non-hydrogen) atoms. The van der Waals surface area contributed by atoms with Gasteiger partial charge in [-0.3, -0.25) is 10.1 Å². The molecular weight excluding hydrogens is 310 g/mol. The summed E-state index contributed by atoms with van der Waals surface area (Å²) in [5.41, 5.74) is -0.712. The Hall–Kier alpha value is -2.10. The van der Waals surface area contributed by atoms with Gasteiger partial charge in [0.1, 0.15) is 5.69 Å². The van der Waals surface area contributed by atoms with E-state index in [1.807, 2.05) is 6.92 Å². The second kappa shape index (κ2) is 7.07. The van der Waals surface area contributed by atoms with Gasteiger partial charge in [-0.05, 0) is 12.3 Å². The van der Waals surface area contributed by atoms with E-state index < -0.39 is 32.9 Å². The average Bonchev–Trinajstić information content (AvgIpc) is 2.73. The zero-order chi connectivity index (χ0) is 16.2. The molecule has 1 saturated heterocycles. The van der Waals surface area contributed by atoms with E-state index >= 15 is 0 Å². The van der Waals surface area contributed by atoms with E-state index in [9.17, 15) is 18.9 Å². The fourth-order valence-electron chi connectivity index (χ4n) is 2.10. The van der Waals surface area contributed by atoms with E-state index in [-0.39, 0.29) is 5.69 Å². The summed E-state index contributed by atoms with van der Waals surface area (Å²) in [7, 11) is -3.11. The van der Waals surface area contributed by atoms with E-state index in [0.717, 1.165) is 18.6 Å². The van der Waals surface area contributed by atoms with E-state index in [4.69, 9.17) is 12.6 Å². The smallest absolute Gasteiger partial charge is 0.367 e. The minimum absolute atomic E-state index is 0.153. The van der Waals surface area contributed by atoms with Crippen LogP contribution in [0.1, 0.15) is 13.3 Å². The zero-order valence-electron chi connectivity index (χ0n) is 11.0. The summed E-state index contributed by atoms with van der Waals surface area (Å²) in [5.74, 6) is -1.36. The Morgan fingerprint density at radius 2 is 1.76 bits per heavy atom. The summed E-state index contributed by atoms with van der Waals surface area (Å²) in [5, 5.41) is 10.4. The van der Waals surface area contributed by atoms with Gasteiger partial charge in [-0.1, -0.05) is 6.92 Å². The Kier molecular flexibility index (Phi) is 5.70. The predicted molar refractivity (Wildman–Crippen MR) is 68.7 cm³/mol. The predicted octanol–water partition coefficient (Wildman–Crippen LogP) is 1.72. The van der Waals surface area contributed by atoms with Gasteiger partial charge in [-0.25, -0.2) is 8.78 Å². The van der Waals surface area contributed by atoms with Crippen LogP contribution in [0.15, 0.2) is 12.1 Å². The number of benzene rings is 1. The number of halogens is 2. The van der Waals surface area contributed by atoms with Gasteiger partial charge < -0.3 is 4.90 Å². The summed E-state index contributed by atoms with van der Waals surface area (Å²) in [6, 6.07) is 1.53. The first-order chi connectivity index (χ1) is 9.72. The number of nitrogens with zero attached hydrogens (tertiary/aromatic N) is 2. The average molecular weight is 322 g/mol. The molecule has 0 radical (unpaired) electrons. The molecule has 1 atom stereocenters. The van der Waals surface area contributed by atoms with Crippen molar-refractivity contribution < 1.29 is 26.3 Å². The van der Waals surface area contributed by atoms with Crippen LogP contribution >= 0.6 is 0 Å². The Balaban J connectivity index is 0.000000491. The van der Waals surface area contributed by atoms with Crippen molar-refractivity contribution >= 4 is 22.0 Å². The van der Waals surface area contributed by atoms with E-state index in [0.29, 0.717) is 19.0 Å². The lowest BCUT2D eigenvalue weighted by molar-refractivity contribution is -0.385. The van der Waals surface area contributed by atoms with Crippen LogP contribution in [-0.2, 0) is 10.6 Å². The Morgan fingerprint density at radius 1 is 1.29 bits per heavy atom. The SMILES string of the molecule is CC1CCN(c2c(F)cc([N+](=O)[O-])cc2F)C1.O=S(=O)=O. The molecule has 1 aliphatic rings. The number of hydrogen-bond donors (Lipinski definition) is 0. The van der Waals surface area contributed by atoms with Crippen LogP contribution in [0.25, 0.3) is 0 Å². The lowest BCUT2D eigenvalue weighted by Crippen LogP contribution is -2.21. The van der Waals surface area contributed by atoms with Gasteiger partial charge in [0.15, 0.2) is 11.6 Å². The molecule has 2 rings (SSSR count). The third-order valence-corrected chi connectivity index (χ3v) is 2.95. The molecule has 0 N–H and O–H groups in total. The molecule has 0 amide bonds. The Bertz CT molecular complexity index is 620. The second-order valence-corrected chi connectivity index (χ2v) is 4.97. The summed E-state index contributed by atoms with van der Waals surface area (Å²) >= 11 is 0. The number of nitro groups is 1. The van der Waals surface area contributed by atoms with Gasteiger partial charge in [0, 0.05) is 13.1 Å². The third-order valence-electron chi connectivity index (χ3n) is 2.95. The van der Waals surface area contributed by atoms with Crippen LogP contribution in [0.2, 0.25) is 0 Å². The van der Waals surface area contributed by atoms with Crippen LogP contribution in [-0.4, -0.2) is 30.6 Å². The van der Waals surface area contributed by atoms with Crippen LogP contribution < -0.4 is 4.90 Å². The fourth-order valence-corrected chi connectivity index (χ4v) is 2.10. The number of rotatable bonds is 2. The quantitative estimate of drug-likeness (QED) is 0.607. The van der Waals surface area contributed by atoms with Gasteiger partial charge in [0.25, 0.3) is 5.69 Å². The van der Waals surface area contributed by atoms with E-state index in [1.54, 1.807) is 4.90 Å². The highest BCUT2D eigenvalue weighted by Crippen LogP contribution is 2.31. The molecule has 1 aliphatic heterocycles. The molecule has 0 saturated carbocycles. The fraction of sp³-hybridized carbons (Fsp3) is 0.455. The maximum absolute atomic E-state index is 13.7. The highest BCUT2D eigenvalue weighted by Gasteiger charge is 2.26. The summed E-state index contributed by atoms with van der Waals surface area (Å²) in [4.78, 5) is 11.2. The molecule has 7 nitrogen and oxygen atoms in total. The van der Waals surface area contributed by atoms with E-state index in [2.05, 4.69) is 0 Å². The topological polar surface area (TPSA) is 97.6 Å². The molecule has 1 aromatic rings. The van der Waals surface area contributed by atoms with Crippen LogP contribution in [0, 0.1) is 27.7 Å². The van der Waals surface area contributed by atoms with Gasteiger partial charge >= 0.3 is 10.6 Å². The van der Waals surface area contributed by atoms with Crippen LogP contribution in [0.5, 0.6) is 0 Å². The van der Waals surface area contributed by atoms with Gasteiger partial charge in [-0.2, -0.15) is 0 Å². The molecule has 0 spiro atoms. The molecule has 10 heteroatoms. The first-order valence-corrected chi connectivity index (χ1v) is 6.87. The van der Waals surface area contributed by atoms with Gasteiger partial charge in [0.05, 0.1) is 17.1 Å². The van der Waals surface area contributed by atoms with Gasteiger partial charge in [0.2, 0.25) is 0 Å². The largest absolute Gasteiger partial charge is 0.425 e. The van der Waals surface area contributed by atoms with Crippen molar-refractivity contribution in [2.75, 3.05) is 18.0 Å². The molecular formula is C11H12F2N2O5S. The van der Waals surface area contributed by atoms with Gasteiger partial charge in [-0.15, -0.1) is 12.6 Å². The minimum atomic E-state index is -3.11. The van der Waals surface area contributed by atoms with Crippen molar-refractivity contribution in [1.82, 2.24) is 0 Å².